The van der Waals surface area contributed by atoms with Crippen molar-refractivity contribution in [2.75, 3.05) is 12.4 Å². The minimum absolute atomic E-state index is 0.0631. The van der Waals surface area contributed by atoms with Crippen molar-refractivity contribution in [2.45, 2.75) is 30.7 Å². The Bertz CT molecular complexity index is 1240. The van der Waals surface area contributed by atoms with Crippen LogP contribution in [0, 0.1) is 6.92 Å². The van der Waals surface area contributed by atoms with Gasteiger partial charge in [-0.3, -0.25) is 4.79 Å². The lowest BCUT2D eigenvalue weighted by Crippen LogP contribution is -2.26. The normalized spacial score (nSPS) is 13.4. The summed E-state index contributed by atoms with van der Waals surface area (Å²) in [5, 5.41) is 2.81. The number of sulfonamides is 1. The van der Waals surface area contributed by atoms with Crippen LogP contribution < -0.4 is 19.5 Å². The van der Waals surface area contributed by atoms with Gasteiger partial charge in [-0.05, 0) is 67.8 Å². The molecule has 0 saturated heterocycles. The molecule has 4 rings (SSSR count). The van der Waals surface area contributed by atoms with Gasteiger partial charge in [0, 0.05) is 29.7 Å². The summed E-state index contributed by atoms with van der Waals surface area (Å²) in [6.45, 7) is 1.82. The third-order valence-corrected chi connectivity index (χ3v) is 6.35. The minimum atomic E-state index is -3.80. The van der Waals surface area contributed by atoms with Crippen molar-refractivity contribution in [1.29, 1.82) is 0 Å². The zero-order valence-corrected chi connectivity index (χ0v) is 18.3. The third kappa shape index (κ3) is 5.04. The highest BCUT2D eigenvalue weighted by molar-refractivity contribution is 7.89. The molecule has 1 fully saturated rings. The van der Waals surface area contributed by atoms with E-state index in [2.05, 4.69) is 20.0 Å². The summed E-state index contributed by atoms with van der Waals surface area (Å²) in [5.74, 6) is 0.255. The van der Waals surface area contributed by atoms with Crippen LogP contribution in [0.3, 0.4) is 0 Å². The molecule has 0 aliphatic heterocycles. The van der Waals surface area contributed by atoms with Crippen molar-refractivity contribution in [1.82, 2.24) is 14.7 Å². The molecule has 0 spiro atoms. The van der Waals surface area contributed by atoms with Gasteiger partial charge in [-0.1, -0.05) is 0 Å². The lowest BCUT2D eigenvalue weighted by Gasteiger charge is -2.13. The van der Waals surface area contributed by atoms with Crippen LogP contribution in [0.4, 0.5) is 5.69 Å². The van der Waals surface area contributed by atoms with Gasteiger partial charge in [-0.2, -0.15) is 0 Å². The van der Waals surface area contributed by atoms with E-state index in [0.717, 1.165) is 18.4 Å². The van der Waals surface area contributed by atoms with Gasteiger partial charge in [-0.25, -0.2) is 23.1 Å². The lowest BCUT2D eigenvalue weighted by atomic mass is 10.1. The van der Waals surface area contributed by atoms with Gasteiger partial charge in [0.05, 0.1) is 7.11 Å². The molecule has 0 unspecified atom stereocenters. The van der Waals surface area contributed by atoms with Gasteiger partial charge in [0.15, 0.2) is 0 Å². The number of hydrogen-bond acceptors (Lipinski definition) is 7. The van der Waals surface area contributed by atoms with E-state index >= 15 is 0 Å². The van der Waals surface area contributed by atoms with Gasteiger partial charge < -0.3 is 14.8 Å². The number of carbonyl (C=O) groups is 1. The molecule has 0 atom stereocenters. The number of carbonyl (C=O) groups excluding carboxylic acids is 1. The Morgan fingerprint density at radius 3 is 2.50 bits per heavy atom. The Morgan fingerprint density at radius 2 is 1.84 bits per heavy atom. The molecule has 1 amide bonds. The number of nitrogens with one attached hydrogen (secondary N) is 2. The van der Waals surface area contributed by atoms with Crippen molar-refractivity contribution in [3.05, 3.63) is 66.0 Å². The first-order chi connectivity index (χ1) is 15.4. The minimum Gasteiger partial charge on any atom is -0.495 e. The van der Waals surface area contributed by atoms with Crippen molar-refractivity contribution in [2.24, 2.45) is 0 Å². The van der Waals surface area contributed by atoms with E-state index in [0.29, 0.717) is 11.4 Å². The van der Waals surface area contributed by atoms with Crippen LogP contribution in [0.2, 0.25) is 0 Å². The van der Waals surface area contributed by atoms with Gasteiger partial charge in [0.1, 0.15) is 16.4 Å². The van der Waals surface area contributed by atoms with Gasteiger partial charge in [0.2, 0.25) is 10.0 Å². The average Bonchev–Trinajstić information content (AvgIpc) is 3.59. The molecule has 1 heterocycles. The molecule has 0 radical (unpaired) electrons. The number of ether oxygens (including phenoxy) is 2. The second kappa shape index (κ2) is 8.93. The van der Waals surface area contributed by atoms with Crippen LogP contribution >= 0.6 is 0 Å². The maximum Gasteiger partial charge on any atom is 0.321 e. The number of benzene rings is 2. The Morgan fingerprint density at radius 1 is 1.09 bits per heavy atom. The molecule has 1 aliphatic rings. The van der Waals surface area contributed by atoms with Crippen molar-refractivity contribution in [3.8, 4) is 17.5 Å². The van der Waals surface area contributed by atoms with Crippen LogP contribution in [0.1, 0.15) is 28.8 Å². The zero-order valence-electron chi connectivity index (χ0n) is 17.5. The molecular weight excluding hydrogens is 432 g/mol. The molecule has 0 bridgehead atoms. The Kier molecular flexibility index (Phi) is 6.06. The number of aromatic nitrogens is 2. The predicted molar refractivity (Wildman–Crippen MR) is 118 cm³/mol. The summed E-state index contributed by atoms with van der Waals surface area (Å²) < 4.78 is 38.8. The average molecular weight is 455 g/mol. The van der Waals surface area contributed by atoms with E-state index in [4.69, 9.17) is 9.47 Å². The number of amides is 1. The SMILES string of the molecule is COc1ccc(C(=O)Nc2ccc(Oc3ncccn3)cc2C)cc1S(=O)(=O)NC1CC1. The predicted octanol–water partition coefficient (Wildman–Crippen LogP) is 3.28. The van der Waals surface area contributed by atoms with E-state index in [1.54, 1.807) is 36.7 Å². The molecule has 10 heteroatoms. The number of hydrogen-bond donors (Lipinski definition) is 2. The Balaban J connectivity index is 1.53. The number of nitrogens with zero attached hydrogens (tertiary/aromatic N) is 2. The van der Waals surface area contributed by atoms with Gasteiger partial charge in [-0.15, -0.1) is 0 Å². The maximum atomic E-state index is 12.8. The quantitative estimate of drug-likeness (QED) is 0.536. The van der Waals surface area contributed by atoms with Crippen molar-refractivity contribution >= 4 is 21.6 Å². The Labute approximate surface area is 185 Å². The standard InChI is InChI=1S/C22H22N4O5S/c1-14-12-17(31-22-23-10-3-11-24-22)7-8-18(14)25-21(27)15-4-9-19(30-2)20(13-15)32(28,29)26-16-5-6-16/h3-4,7-13,16,26H,5-6H2,1-2H3,(H,25,27). The summed E-state index contributed by atoms with van der Waals surface area (Å²) in [6.07, 6.45) is 4.76. The zero-order chi connectivity index (χ0) is 22.7. The van der Waals surface area contributed by atoms with E-state index in [1.165, 1.54) is 25.3 Å². The molecule has 166 valence electrons. The molecule has 1 aliphatic carbocycles. The Hall–Kier alpha value is -3.50. The molecule has 3 aromatic rings. The van der Waals surface area contributed by atoms with Crippen molar-refractivity contribution < 1.29 is 22.7 Å². The monoisotopic (exact) mass is 454 g/mol. The lowest BCUT2D eigenvalue weighted by molar-refractivity contribution is 0.102. The van der Waals surface area contributed by atoms with E-state index in [9.17, 15) is 13.2 Å². The molecule has 1 aromatic heterocycles. The fourth-order valence-corrected chi connectivity index (χ4v) is 4.49. The second-order valence-electron chi connectivity index (χ2n) is 7.33. The number of rotatable bonds is 8. The van der Waals surface area contributed by atoms with Crippen LogP contribution in [0.5, 0.6) is 17.5 Å². The second-order valence-corrected chi connectivity index (χ2v) is 9.01. The maximum absolute atomic E-state index is 12.8. The fraction of sp³-hybridized carbons (Fsp3) is 0.227. The molecule has 2 N–H and O–H groups in total. The highest BCUT2D eigenvalue weighted by Gasteiger charge is 2.30. The van der Waals surface area contributed by atoms with Crippen LogP contribution in [0.15, 0.2) is 59.8 Å². The van der Waals surface area contributed by atoms with Crippen LogP contribution in [-0.4, -0.2) is 37.4 Å². The molecule has 32 heavy (non-hydrogen) atoms. The number of aryl methyl sites for hydroxylation is 1. The van der Waals surface area contributed by atoms with Gasteiger partial charge in [0.25, 0.3) is 5.91 Å². The summed E-state index contributed by atoms with van der Waals surface area (Å²) in [4.78, 5) is 20.8. The first-order valence-corrected chi connectivity index (χ1v) is 11.4. The molecular formula is C22H22N4O5S. The summed E-state index contributed by atoms with van der Waals surface area (Å²) >= 11 is 0. The molecule has 1 saturated carbocycles. The molecule has 2 aromatic carbocycles. The van der Waals surface area contributed by atoms with E-state index < -0.39 is 15.9 Å². The summed E-state index contributed by atoms with van der Waals surface area (Å²) in [5.41, 5.74) is 1.51. The largest absolute Gasteiger partial charge is 0.495 e. The summed E-state index contributed by atoms with van der Waals surface area (Å²) in [7, 11) is -2.41. The number of methoxy groups -OCH3 is 1. The first-order valence-electron chi connectivity index (χ1n) is 9.93. The fourth-order valence-electron chi connectivity index (χ4n) is 2.99. The summed E-state index contributed by atoms with van der Waals surface area (Å²) in [6, 6.07) is 11.3. The van der Waals surface area contributed by atoms with Gasteiger partial charge >= 0.3 is 6.01 Å². The highest BCUT2D eigenvalue weighted by atomic mass is 32.2. The molecule has 9 nitrogen and oxygen atoms in total. The van der Waals surface area contributed by atoms with Crippen LogP contribution in [0.25, 0.3) is 0 Å². The highest BCUT2D eigenvalue weighted by Crippen LogP contribution is 2.29. The van der Waals surface area contributed by atoms with E-state index in [-0.39, 0.29) is 28.3 Å². The van der Waals surface area contributed by atoms with E-state index in [1.807, 2.05) is 6.92 Å². The first kappa shape index (κ1) is 21.7. The third-order valence-electron chi connectivity index (χ3n) is 4.81. The van der Waals surface area contributed by atoms with Crippen molar-refractivity contribution in [3.63, 3.8) is 0 Å². The topological polar surface area (TPSA) is 120 Å². The van der Waals surface area contributed by atoms with Crippen LogP contribution in [-0.2, 0) is 10.0 Å². The number of anilines is 1. The smallest absolute Gasteiger partial charge is 0.321 e.